The van der Waals surface area contributed by atoms with Crippen LogP contribution in [0.5, 0.6) is 5.75 Å². The predicted octanol–water partition coefficient (Wildman–Crippen LogP) is 4.97. The van der Waals surface area contributed by atoms with Crippen LogP contribution in [0.4, 0.5) is 5.69 Å². The van der Waals surface area contributed by atoms with Crippen molar-refractivity contribution in [2.24, 2.45) is 0 Å². The fourth-order valence-electron chi connectivity index (χ4n) is 2.86. The van der Waals surface area contributed by atoms with Crippen LogP contribution in [-0.2, 0) is 14.3 Å². The van der Waals surface area contributed by atoms with Gasteiger partial charge in [0.05, 0.1) is 13.2 Å². The van der Waals surface area contributed by atoms with Gasteiger partial charge in [-0.2, -0.15) is 0 Å². The Kier molecular flexibility index (Phi) is 10.6. The number of anilines is 1. The Balaban J connectivity index is 3.02. The highest BCUT2D eigenvalue weighted by Gasteiger charge is 2.33. The van der Waals surface area contributed by atoms with Gasteiger partial charge in [0, 0.05) is 12.3 Å². The molecule has 0 aliphatic heterocycles. The lowest BCUT2D eigenvalue weighted by Gasteiger charge is -2.28. The van der Waals surface area contributed by atoms with E-state index >= 15 is 0 Å². The molecule has 0 aromatic heterocycles. The van der Waals surface area contributed by atoms with Gasteiger partial charge in [-0.15, -0.1) is 0 Å². The van der Waals surface area contributed by atoms with Gasteiger partial charge in [0.15, 0.2) is 0 Å². The second-order valence-corrected chi connectivity index (χ2v) is 6.85. The second-order valence-electron chi connectivity index (χ2n) is 6.85. The van der Waals surface area contributed by atoms with Gasteiger partial charge in [-0.1, -0.05) is 33.1 Å². The fraction of sp³-hybridized carbons (Fsp3) is 0.636. The molecule has 1 rings (SSSR count). The Bertz CT molecular complexity index is 631. The number of hydrogen-bond acceptors (Lipinski definition) is 5. The molecule has 28 heavy (non-hydrogen) atoms. The fourth-order valence-corrected chi connectivity index (χ4v) is 2.86. The molecule has 0 fully saturated rings. The van der Waals surface area contributed by atoms with Gasteiger partial charge < -0.3 is 19.5 Å². The van der Waals surface area contributed by atoms with Crippen molar-refractivity contribution in [1.29, 1.82) is 0 Å². The summed E-state index contributed by atoms with van der Waals surface area (Å²) < 4.78 is 16.5. The van der Waals surface area contributed by atoms with E-state index in [1.807, 2.05) is 20.8 Å². The SMILES string of the molecule is CCCCC[C@@](C)(OCC)C(=O)Nc1ccc(OCCC)c(C(=O)OCC)c1. The quantitative estimate of drug-likeness (QED) is 0.378. The third kappa shape index (κ3) is 7.15. The molecule has 1 N–H and O–H groups in total. The van der Waals surface area contributed by atoms with E-state index in [-0.39, 0.29) is 12.5 Å². The first kappa shape index (κ1) is 24.0. The summed E-state index contributed by atoms with van der Waals surface area (Å²) in [7, 11) is 0. The molecular weight excluding hydrogens is 358 g/mol. The van der Waals surface area contributed by atoms with Crippen LogP contribution in [0.15, 0.2) is 18.2 Å². The summed E-state index contributed by atoms with van der Waals surface area (Å²) in [4.78, 5) is 25.2. The number of benzene rings is 1. The maximum Gasteiger partial charge on any atom is 0.341 e. The maximum atomic E-state index is 12.9. The molecule has 6 heteroatoms. The van der Waals surface area contributed by atoms with Crippen LogP contribution < -0.4 is 10.1 Å². The predicted molar refractivity (Wildman–Crippen MR) is 111 cm³/mol. The monoisotopic (exact) mass is 393 g/mol. The number of carbonyl (C=O) groups is 2. The smallest absolute Gasteiger partial charge is 0.341 e. The summed E-state index contributed by atoms with van der Waals surface area (Å²) in [5.74, 6) is -0.239. The van der Waals surface area contributed by atoms with E-state index in [1.165, 1.54) is 0 Å². The van der Waals surface area contributed by atoms with Crippen LogP contribution in [0, 0.1) is 0 Å². The van der Waals surface area contributed by atoms with E-state index in [0.29, 0.717) is 36.6 Å². The summed E-state index contributed by atoms with van der Waals surface area (Å²) >= 11 is 0. The average Bonchev–Trinajstić information content (AvgIpc) is 2.67. The minimum Gasteiger partial charge on any atom is -0.493 e. The van der Waals surface area contributed by atoms with E-state index in [9.17, 15) is 9.59 Å². The molecule has 0 bridgehead atoms. The number of unbranched alkanes of at least 4 members (excludes halogenated alkanes) is 2. The van der Waals surface area contributed by atoms with Crippen LogP contribution in [-0.4, -0.2) is 37.3 Å². The topological polar surface area (TPSA) is 73.9 Å². The first-order chi connectivity index (χ1) is 13.4. The Hall–Kier alpha value is -2.08. The van der Waals surface area contributed by atoms with Crippen molar-refractivity contribution in [3.63, 3.8) is 0 Å². The highest BCUT2D eigenvalue weighted by Crippen LogP contribution is 2.27. The molecule has 0 unspecified atom stereocenters. The molecule has 1 atom stereocenters. The zero-order valence-corrected chi connectivity index (χ0v) is 17.9. The largest absolute Gasteiger partial charge is 0.493 e. The van der Waals surface area contributed by atoms with Gasteiger partial charge in [0.1, 0.15) is 16.9 Å². The van der Waals surface area contributed by atoms with Gasteiger partial charge in [0.25, 0.3) is 5.91 Å². The number of amides is 1. The molecule has 158 valence electrons. The van der Waals surface area contributed by atoms with Gasteiger partial charge in [0.2, 0.25) is 0 Å². The summed E-state index contributed by atoms with van der Waals surface area (Å²) in [6.07, 6.45) is 4.50. The van der Waals surface area contributed by atoms with Gasteiger partial charge in [-0.25, -0.2) is 4.79 Å². The second kappa shape index (κ2) is 12.4. The highest BCUT2D eigenvalue weighted by molar-refractivity contribution is 5.99. The standard InChI is InChI=1S/C22H35NO5/c1-6-10-11-14-22(5,28-9-4)21(25)23-17-12-13-19(27-15-7-2)18(16-17)20(24)26-8-3/h12-13,16H,6-11,14-15H2,1-5H3,(H,23,25)/t22-/m1/s1. The normalized spacial score (nSPS) is 12.9. The van der Waals surface area contributed by atoms with Crippen molar-refractivity contribution in [1.82, 2.24) is 0 Å². The van der Waals surface area contributed by atoms with Crippen molar-refractivity contribution in [3.05, 3.63) is 23.8 Å². The molecule has 0 aliphatic rings. The third-order valence-electron chi connectivity index (χ3n) is 4.40. The third-order valence-corrected chi connectivity index (χ3v) is 4.40. The van der Waals surface area contributed by atoms with Crippen molar-refractivity contribution < 1.29 is 23.8 Å². The Morgan fingerprint density at radius 2 is 1.79 bits per heavy atom. The van der Waals surface area contributed by atoms with Gasteiger partial charge in [-0.3, -0.25) is 4.79 Å². The van der Waals surface area contributed by atoms with E-state index in [0.717, 1.165) is 25.7 Å². The average molecular weight is 394 g/mol. The number of rotatable bonds is 13. The van der Waals surface area contributed by atoms with Crippen LogP contribution in [0.25, 0.3) is 0 Å². The van der Waals surface area contributed by atoms with Crippen molar-refractivity contribution in [3.8, 4) is 5.75 Å². The number of nitrogens with one attached hydrogen (secondary N) is 1. The molecule has 1 amide bonds. The molecule has 0 heterocycles. The molecule has 0 spiro atoms. The number of ether oxygens (including phenoxy) is 3. The first-order valence-corrected chi connectivity index (χ1v) is 10.3. The molecular formula is C22H35NO5. The van der Waals surface area contributed by atoms with Crippen molar-refractivity contribution in [2.45, 2.75) is 72.3 Å². The first-order valence-electron chi connectivity index (χ1n) is 10.3. The lowest BCUT2D eigenvalue weighted by atomic mass is 9.96. The molecule has 6 nitrogen and oxygen atoms in total. The molecule has 1 aromatic carbocycles. The molecule has 0 saturated heterocycles. The van der Waals surface area contributed by atoms with E-state index in [1.54, 1.807) is 25.1 Å². The molecule has 0 radical (unpaired) electrons. The van der Waals surface area contributed by atoms with Crippen LogP contribution in [0.2, 0.25) is 0 Å². The van der Waals surface area contributed by atoms with E-state index in [4.69, 9.17) is 14.2 Å². The Morgan fingerprint density at radius 3 is 2.39 bits per heavy atom. The molecule has 1 aromatic rings. The van der Waals surface area contributed by atoms with E-state index < -0.39 is 11.6 Å². The lowest BCUT2D eigenvalue weighted by Crippen LogP contribution is -2.42. The number of carbonyl (C=O) groups excluding carboxylic acids is 2. The zero-order chi connectivity index (χ0) is 21.0. The summed E-state index contributed by atoms with van der Waals surface area (Å²) in [6.45, 7) is 10.8. The van der Waals surface area contributed by atoms with Gasteiger partial charge >= 0.3 is 5.97 Å². The van der Waals surface area contributed by atoms with Crippen LogP contribution >= 0.6 is 0 Å². The van der Waals surface area contributed by atoms with Crippen LogP contribution in [0.1, 0.15) is 77.1 Å². The Morgan fingerprint density at radius 1 is 1.04 bits per heavy atom. The van der Waals surface area contributed by atoms with Crippen molar-refractivity contribution in [2.75, 3.05) is 25.1 Å². The van der Waals surface area contributed by atoms with Crippen molar-refractivity contribution >= 4 is 17.6 Å². The summed E-state index contributed by atoms with van der Waals surface area (Å²) in [5.41, 5.74) is -0.0960. The Labute approximate surface area is 168 Å². The highest BCUT2D eigenvalue weighted by atomic mass is 16.5. The minimum atomic E-state index is -0.911. The number of hydrogen-bond donors (Lipinski definition) is 1. The summed E-state index contributed by atoms with van der Waals surface area (Å²) in [5, 5.41) is 2.89. The zero-order valence-electron chi connectivity index (χ0n) is 17.9. The summed E-state index contributed by atoms with van der Waals surface area (Å²) in [6, 6.07) is 5.01. The van der Waals surface area contributed by atoms with Crippen LogP contribution in [0.3, 0.4) is 0 Å². The van der Waals surface area contributed by atoms with E-state index in [2.05, 4.69) is 12.2 Å². The molecule has 0 saturated carbocycles. The number of esters is 1. The molecule has 0 aliphatic carbocycles. The maximum absolute atomic E-state index is 12.9. The van der Waals surface area contributed by atoms with Gasteiger partial charge in [-0.05, 0) is 51.8 Å². The lowest BCUT2D eigenvalue weighted by molar-refractivity contribution is -0.139. The minimum absolute atomic E-state index is 0.220.